The van der Waals surface area contributed by atoms with Crippen LogP contribution < -0.4 is 10.6 Å². The van der Waals surface area contributed by atoms with Gasteiger partial charge in [-0.15, -0.1) is 0 Å². The fraction of sp³-hybridized carbons (Fsp3) is 0.364. The summed E-state index contributed by atoms with van der Waals surface area (Å²) in [5.41, 5.74) is 3.24. The fourth-order valence-corrected chi connectivity index (χ4v) is 1.16. The molecular weight excluding hydrogens is 176 g/mol. The van der Waals surface area contributed by atoms with Gasteiger partial charge >= 0.3 is 6.03 Å². The van der Waals surface area contributed by atoms with Crippen molar-refractivity contribution in [1.29, 1.82) is 0 Å². The predicted molar refractivity (Wildman–Crippen MR) is 58.6 cm³/mol. The quantitative estimate of drug-likeness (QED) is 0.742. The van der Waals surface area contributed by atoms with Crippen molar-refractivity contribution >= 4 is 11.7 Å². The monoisotopic (exact) mass is 192 g/mol. The van der Waals surface area contributed by atoms with Crippen LogP contribution in [0.25, 0.3) is 0 Å². The topological polar surface area (TPSA) is 41.1 Å². The maximum atomic E-state index is 11.2. The second-order valence-electron chi connectivity index (χ2n) is 3.28. The molecule has 1 aromatic carbocycles. The summed E-state index contributed by atoms with van der Waals surface area (Å²) in [5.74, 6) is 0. The Morgan fingerprint density at radius 2 is 2.00 bits per heavy atom. The average Bonchev–Trinajstić information content (AvgIpc) is 2.12. The van der Waals surface area contributed by atoms with Gasteiger partial charge in [0.2, 0.25) is 0 Å². The van der Waals surface area contributed by atoms with E-state index in [9.17, 15) is 4.79 Å². The van der Waals surface area contributed by atoms with Crippen LogP contribution >= 0.6 is 0 Å². The minimum absolute atomic E-state index is 0.157. The van der Waals surface area contributed by atoms with Crippen molar-refractivity contribution in [2.75, 3.05) is 11.9 Å². The van der Waals surface area contributed by atoms with Gasteiger partial charge in [-0.05, 0) is 44.0 Å². The van der Waals surface area contributed by atoms with Gasteiger partial charge in [0.1, 0.15) is 0 Å². The highest BCUT2D eigenvalue weighted by Crippen LogP contribution is 2.13. The number of carbonyl (C=O) groups excluding carboxylic acids is 1. The molecule has 0 heterocycles. The largest absolute Gasteiger partial charge is 0.338 e. The number of anilines is 1. The molecule has 1 aromatic rings. The Morgan fingerprint density at radius 3 is 2.57 bits per heavy atom. The van der Waals surface area contributed by atoms with Crippen molar-refractivity contribution in [1.82, 2.24) is 5.32 Å². The van der Waals surface area contributed by atoms with Crippen molar-refractivity contribution in [3.05, 3.63) is 29.3 Å². The third-order valence-electron chi connectivity index (χ3n) is 2.10. The molecule has 0 atom stereocenters. The van der Waals surface area contributed by atoms with Crippen LogP contribution in [0, 0.1) is 13.8 Å². The van der Waals surface area contributed by atoms with Gasteiger partial charge in [0, 0.05) is 12.2 Å². The lowest BCUT2D eigenvalue weighted by atomic mass is 10.1. The second-order valence-corrected chi connectivity index (χ2v) is 3.28. The Balaban J connectivity index is 2.68. The molecule has 0 saturated carbocycles. The minimum Gasteiger partial charge on any atom is -0.338 e. The molecule has 2 N–H and O–H groups in total. The van der Waals surface area contributed by atoms with Crippen LogP contribution in [-0.2, 0) is 0 Å². The van der Waals surface area contributed by atoms with E-state index in [2.05, 4.69) is 10.6 Å². The number of hydrogen-bond donors (Lipinski definition) is 2. The number of amides is 2. The maximum absolute atomic E-state index is 11.2. The molecule has 0 bridgehead atoms. The van der Waals surface area contributed by atoms with E-state index >= 15 is 0 Å². The van der Waals surface area contributed by atoms with Crippen molar-refractivity contribution < 1.29 is 4.79 Å². The average molecular weight is 192 g/mol. The molecule has 0 fully saturated rings. The lowest BCUT2D eigenvalue weighted by molar-refractivity contribution is 0.252. The van der Waals surface area contributed by atoms with Crippen LogP contribution in [-0.4, -0.2) is 12.6 Å². The van der Waals surface area contributed by atoms with Gasteiger partial charge in [0.15, 0.2) is 0 Å². The molecule has 0 saturated heterocycles. The van der Waals surface area contributed by atoms with Crippen LogP contribution in [0.1, 0.15) is 18.1 Å². The maximum Gasteiger partial charge on any atom is 0.319 e. The summed E-state index contributed by atoms with van der Waals surface area (Å²) in [7, 11) is 0. The van der Waals surface area contributed by atoms with Gasteiger partial charge in [0.05, 0.1) is 0 Å². The van der Waals surface area contributed by atoms with Crippen molar-refractivity contribution in [3.8, 4) is 0 Å². The molecule has 0 aliphatic carbocycles. The van der Waals surface area contributed by atoms with E-state index in [1.807, 2.05) is 39.0 Å². The number of rotatable bonds is 2. The SMILES string of the molecule is CCNC(=O)Nc1ccc(C)c(C)c1. The van der Waals surface area contributed by atoms with E-state index in [4.69, 9.17) is 0 Å². The number of nitrogens with one attached hydrogen (secondary N) is 2. The molecule has 3 nitrogen and oxygen atoms in total. The molecule has 0 aliphatic heterocycles. The van der Waals surface area contributed by atoms with Gasteiger partial charge in [-0.3, -0.25) is 0 Å². The Hall–Kier alpha value is -1.51. The zero-order valence-electron chi connectivity index (χ0n) is 8.85. The summed E-state index contributed by atoms with van der Waals surface area (Å²) in [6, 6.07) is 5.70. The normalized spacial score (nSPS) is 9.64. The van der Waals surface area contributed by atoms with E-state index in [0.717, 1.165) is 5.69 Å². The summed E-state index contributed by atoms with van der Waals surface area (Å²) in [6.45, 7) is 6.60. The number of aryl methyl sites for hydroxylation is 2. The van der Waals surface area contributed by atoms with Crippen LogP contribution in [0.4, 0.5) is 10.5 Å². The molecule has 2 amide bonds. The Labute approximate surface area is 84.5 Å². The van der Waals surface area contributed by atoms with Gasteiger partial charge in [-0.2, -0.15) is 0 Å². The molecule has 0 aromatic heterocycles. The van der Waals surface area contributed by atoms with Crippen molar-refractivity contribution in [2.45, 2.75) is 20.8 Å². The summed E-state index contributed by atoms with van der Waals surface area (Å²) < 4.78 is 0. The van der Waals surface area contributed by atoms with Crippen LogP contribution in [0.5, 0.6) is 0 Å². The zero-order valence-corrected chi connectivity index (χ0v) is 8.85. The number of benzene rings is 1. The van der Waals surface area contributed by atoms with Gasteiger partial charge in [-0.1, -0.05) is 6.07 Å². The van der Waals surface area contributed by atoms with Gasteiger partial charge < -0.3 is 10.6 Å². The number of urea groups is 1. The van der Waals surface area contributed by atoms with E-state index in [-0.39, 0.29) is 6.03 Å². The van der Waals surface area contributed by atoms with E-state index in [0.29, 0.717) is 6.54 Å². The first-order chi connectivity index (χ1) is 6.63. The highest BCUT2D eigenvalue weighted by Gasteiger charge is 2.00. The standard InChI is InChI=1S/C11H16N2O/c1-4-12-11(14)13-10-6-5-8(2)9(3)7-10/h5-7H,4H2,1-3H3,(H2,12,13,14). The Morgan fingerprint density at radius 1 is 1.29 bits per heavy atom. The van der Waals surface area contributed by atoms with Crippen LogP contribution in [0.15, 0.2) is 18.2 Å². The van der Waals surface area contributed by atoms with Gasteiger partial charge in [0.25, 0.3) is 0 Å². The molecule has 76 valence electrons. The zero-order chi connectivity index (χ0) is 10.6. The first-order valence-electron chi connectivity index (χ1n) is 4.75. The van der Waals surface area contributed by atoms with Crippen LogP contribution in [0.2, 0.25) is 0 Å². The highest BCUT2D eigenvalue weighted by molar-refractivity contribution is 5.89. The first kappa shape index (κ1) is 10.6. The molecule has 14 heavy (non-hydrogen) atoms. The molecule has 1 rings (SSSR count). The Bertz CT molecular complexity index is 334. The second kappa shape index (κ2) is 4.65. The Kier molecular flexibility index (Phi) is 3.51. The third kappa shape index (κ3) is 2.76. The van der Waals surface area contributed by atoms with Crippen molar-refractivity contribution in [2.24, 2.45) is 0 Å². The van der Waals surface area contributed by atoms with E-state index in [1.165, 1.54) is 11.1 Å². The summed E-state index contributed by atoms with van der Waals surface area (Å²) in [6.07, 6.45) is 0. The molecule has 0 radical (unpaired) electrons. The lowest BCUT2D eigenvalue weighted by Crippen LogP contribution is -2.28. The highest BCUT2D eigenvalue weighted by atomic mass is 16.2. The van der Waals surface area contributed by atoms with Gasteiger partial charge in [-0.25, -0.2) is 4.79 Å². The van der Waals surface area contributed by atoms with E-state index < -0.39 is 0 Å². The molecule has 3 heteroatoms. The molecule has 0 unspecified atom stereocenters. The lowest BCUT2D eigenvalue weighted by Gasteiger charge is -2.07. The predicted octanol–water partition coefficient (Wildman–Crippen LogP) is 2.44. The minimum atomic E-state index is -0.157. The molecule has 0 aliphatic rings. The van der Waals surface area contributed by atoms with E-state index in [1.54, 1.807) is 0 Å². The number of hydrogen-bond acceptors (Lipinski definition) is 1. The van der Waals surface area contributed by atoms with Crippen molar-refractivity contribution in [3.63, 3.8) is 0 Å². The summed E-state index contributed by atoms with van der Waals surface area (Å²) in [4.78, 5) is 11.2. The summed E-state index contributed by atoms with van der Waals surface area (Å²) >= 11 is 0. The number of carbonyl (C=O) groups is 1. The first-order valence-corrected chi connectivity index (χ1v) is 4.75. The molecular formula is C11H16N2O. The smallest absolute Gasteiger partial charge is 0.319 e. The third-order valence-corrected chi connectivity index (χ3v) is 2.10. The summed E-state index contributed by atoms with van der Waals surface area (Å²) in [5, 5.41) is 5.44. The van der Waals surface area contributed by atoms with Crippen LogP contribution in [0.3, 0.4) is 0 Å². The fourth-order valence-electron chi connectivity index (χ4n) is 1.16. The molecule has 0 spiro atoms.